The zero-order valence-electron chi connectivity index (χ0n) is 16.3. The molecular weight excluding hydrogens is 405 g/mol. The molecular formula is C22H16FN3O5. The summed E-state index contributed by atoms with van der Waals surface area (Å²) in [5, 5.41) is 14.7. The van der Waals surface area contributed by atoms with Crippen LogP contribution in [0.25, 0.3) is 22.8 Å². The van der Waals surface area contributed by atoms with Crippen molar-refractivity contribution in [1.29, 1.82) is 0 Å². The zero-order valence-corrected chi connectivity index (χ0v) is 16.3. The number of hydrogen-bond donors (Lipinski definition) is 0. The van der Waals surface area contributed by atoms with Crippen LogP contribution in [-0.4, -0.2) is 22.2 Å². The van der Waals surface area contributed by atoms with Gasteiger partial charge >= 0.3 is 0 Å². The van der Waals surface area contributed by atoms with Crippen molar-refractivity contribution in [2.75, 3.05) is 7.11 Å². The minimum absolute atomic E-state index is 0.0170. The van der Waals surface area contributed by atoms with Crippen LogP contribution in [0, 0.1) is 15.9 Å². The summed E-state index contributed by atoms with van der Waals surface area (Å²) in [6.45, 7) is 0.208. The fraction of sp³-hybridized carbons (Fsp3) is 0.0909. The van der Waals surface area contributed by atoms with E-state index >= 15 is 0 Å². The van der Waals surface area contributed by atoms with Crippen molar-refractivity contribution in [2.45, 2.75) is 6.61 Å². The molecule has 156 valence electrons. The summed E-state index contributed by atoms with van der Waals surface area (Å²) in [4.78, 5) is 14.6. The maximum Gasteiger partial charge on any atom is 0.269 e. The molecule has 0 spiro atoms. The van der Waals surface area contributed by atoms with Crippen molar-refractivity contribution in [3.8, 4) is 34.3 Å². The standard InChI is InChI=1S/C22H16FN3O5/c1-29-20-12-15(21-24-22(31-25-21)16-3-2-4-17(23)11-16)7-10-19(20)30-13-14-5-8-18(9-6-14)26(27)28/h2-12H,13H2,1H3. The highest BCUT2D eigenvalue weighted by Gasteiger charge is 2.14. The number of rotatable bonds is 7. The number of nitro groups is 1. The Balaban J connectivity index is 1.51. The third-order valence-electron chi connectivity index (χ3n) is 4.46. The Kier molecular flexibility index (Phi) is 5.57. The molecule has 0 aliphatic heterocycles. The first-order valence-electron chi connectivity index (χ1n) is 9.17. The Hall–Kier alpha value is -4.27. The van der Waals surface area contributed by atoms with Crippen LogP contribution in [0.1, 0.15) is 5.56 Å². The van der Waals surface area contributed by atoms with Crippen molar-refractivity contribution in [3.63, 3.8) is 0 Å². The van der Waals surface area contributed by atoms with Crippen molar-refractivity contribution < 1.29 is 23.3 Å². The highest BCUT2D eigenvalue weighted by Crippen LogP contribution is 2.33. The Morgan fingerprint density at radius 1 is 1.03 bits per heavy atom. The Labute approximate surface area is 176 Å². The molecule has 3 aromatic carbocycles. The molecule has 0 atom stereocenters. The van der Waals surface area contributed by atoms with Gasteiger partial charge in [0.15, 0.2) is 11.5 Å². The predicted molar refractivity (Wildman–Crippen MR) is 109 cm³/mol. The van der Waals surface area contributed by atoms with Gasteiger partial charge < -0.3 is 14.0 Å². The van der Waals surface area contributed by atoms with Crippen molar-refractivity contribution in [1.82, 2.24) is 10.1 Å². The van der Waals surface area contributed by atoms with Gasteiger partial charge in [0.25, 0.3) is 11.6 Å². The molecule has 31 heavy (non-hydrogen) atoms. The summed E-state index contributed by atoms with van der Waals surface area (Å²) in [7, 11) is 1.51. The number of ether oxygens (including phenoxy) is 2. The van der Waals surface area contributed by atoms with E-state index in [1.807, 2.05) is 0 Å². The largest absolute Gasteiger partial charge is 0.493 e. The lowest BCUT2D eigenvalue weighted by molar-refractivity contribution is -0.384. The Bertz CT molecular complexity index is 1220. The smallest absolute Gasteiger partial charge is 0.269 e. The van der Waals surface area contributed by atoms with E-state index < -0.39 is 10.7 Å². The van der Waals surface area contributed by atoms with Gasteiger partial charge in [-0.25, -0.2) is 4.39 Å². The van der Waals surface area contributed by atoms with Crippen LogP contribution >= 0.6 is 0 Å². The minimum Gasteiger partial charge on any atom is -0.493 e. The summed E-state index contributed by atoms with van der Waals surface area (Å²) in [6, 6.07) is 17.1. The number of nitro benzene ring substituents is 1. The average molecular weight is 421 g/mol. The summed E-state index contributed by atoms with van der Waals surface area (Å²) >= 11 is 0. The third-order valence-corrected chi connectivity index (χ3v) is 4.46. The van der Waals surface area contributed by atoms with E-state index in [4.69, 9.17) is 14.0 Å². The van der Waals surface area contributed by atoms with E-state index in [1.54, 1.807) is 42.5 Å². The molecule has 0 aliphatic carbocycles. The molecule has 1 heterocycles. The molecule has 0 fully saturated rings. The van der Waals surface area contributed by atoms with Crippen molar-refractivity contribution >= 4 is 5.69 Å². The normalized spacial score (nSPS) is 10.6. The summed E-state index contributed by atoms with van der Waals surface area (Å²) in [5.74, 6) is 1.06. The second-order valence-electron chi connectivity index (χ2n) is 6.51. The Morgan fingerprint density at radius 3 is 2.55 bits per heavy atom. The van der Waals surface area contributed by atoms with Gasteiger partial charge in [-0.3, -0.25) is 10.1 Å². The molecule has 0 saturated heterocycles. The highest BCUT2D eigenvalue weighted by atomic mass is 19.1. The highest BCUT2D eigenvalue weighted by molar-refractivity contribution is 5.63. The third kappa shape index (κ3) is 4.50. The second kappa shape index (κ2) is 8.62. The fourth-order valence-corrected chi connectivity index (χ4v) is 2.88. The number of hydrogen-bond acceptors (Lipinski definition) is 7. The van der Waals surface area contributed by atoms with E-state index in [1.165, 1.54) is 31.4 Å². The summed E-state index contributed by atoms with van der Waals surface area (Å²) < 4.78 is 29.9. The molecule has 1 aromatic heterocycles. The van der Waals surface area contributed by atoms with Crippen molar-refractivity contribution in [3.05, 3.63) is 88.2 Å². The topological polar surface area (TPSA) is 101 Å². The molecule has 0 saturated carbocycles. The zero-order chi connectivity index (χ0) is 21.8. The molecule has 0 N–H and O–H groups in total. The maximum atomic E-state index is 13.4. The molecule has 4 aromatic rings. The molecule has 0 bridgehead atoms. The maximum absolute atomic E-state index is 13.4. The number of non-ortho nitro benzene ring substituents is 1. The second-order valence-corrected chi connectivity index (χ2v) is 6.51. The number of nitrogens with zero attached hydrogens (tertiary/aromatic N) is 3. The molecule has 0 amide bonds. The number of halogens is 1. The van der Waals surface area contributed by atoms with Crippen LogP contribution in [0.2, 0.25) is 0 Å². The first-order chi connectivity index (χ1) is 15.0. The lowest BCUT2D eigenvalue weighted by Gasteiger charge is -2.11. The average Bonchev–Trinajstić information content (AvgIpc) is 3.28. The Morgan fingerprint density at radius 2 is 1.84 bits per heavy atom. The fourth-order valence-electron chi connectivity index (χ4n) is 2.88. The van der Waals surface area contributed by atoms with E-state index in [2.05, 4.69) is 10.1 Å². The van der Waals surface area contributed by atoms with Crippen LogP contribution in [0.5, 0.6) is 11.5 Å². The van der Waals surface area contributed by atoms with E-state index in [-0.39, 0.29) is 18.2 Å². The van der Waals surface area contributed by atoms with Crippen LogP contribution in [0.4, 0.5) is 10.1 Å². The monoisotopic (exact) mass is 421 g/mol. The van der Waals surface area contributed by atoms with Gasteiger partial charge in [0, 0.05) is 23.3 Å². The van der Waals surface area contributed by atoms with Crippen LogP contribution in [-0.2, 0) is 6.61 Å². The van der Waals surface area contributed by atoms with Gasteiger partial charge in [0.2, 0.25) is 5.82 Å². The van der Waals surface area contributed by atoms with E-state index in [0.29, 0.717) is 28.5 Å². The summed E-state index contributed by atoms with van der Waals surface area (Å²) in [6.07, 6.45) is 0. The first kappa shape index (κ1) is 20.0. The first-order valence-corrected chi connectivity index (χ1v) is 9.17. The van der Waals surface area contributed by atoms with Gasteiger partial charge in [0.05, 0.1) is 12.0 Å². The van der Waals surface area contributed by atoms with Crippen molar-refractivity contribution in [2.24, 2.45) is 0 Å². The minimum atomic E-state index is -0.454. The lowest BCUT2D eigenvalue weighted by Crippen LogP contribution is -1.98. The number of methoxy groups -OCH3 is 1. The van der Waals surface area contributed by atoms with E-state index in [0.717, 1.165) is 5.56 Å². The SMILES string of the molecule is COc1cc(-c2noc(-c3cccc(F)c3)n2)ccc1OCc1ccc([N+](=O)[O-])cc1. The van der Waals surface area contributed by atoms with Gasteiger partial charge in [-0.1, -0.05) is 11.2 Å². The van der Waals surface area contributed by atoms with Crippen LogP contribution < -0.4 is 9.47 Å². The van der Waals surface area contributed by atoms with E-state index in [9.17, 15) is 14.5 Å². The molecule has 9 heteroatoms. The number of aromatic nitrogens is 2. The molecule has 0 aliphatic rings. The molecule has 8 nitrogen and oxygen atoms in total. The van der Waals surface area contributed by atoms with Gasteiger partial charge in [-0.05, 0) is 54.1 Å². The quantitative estimate of drug-likeness (QED) is 0.304. The summed E-state index contributed by atoms with van der Waals surface area (Å²) in [5.41, 5.74) is 1.90. The lowest BCUT2D eigenvalue weighted by atomic mass is 10.2. The van der Waals surface area contributed by atoms with Crippen LogP contribution in [0.3, 0.4) is 0 Å². The van der Waals surface area contributed by atoms with Gasteiger partial charge in [0.1, 0.15) is 12.4 Å². The molecule has 0 unspecified atom stereocenters. The van der Waals surface area contributed by atoms with Gasteiger partial charge in [-0.15, -0.1) is 0 Å². The van der Waals surface area contributed by atoms with Gasteiger partial charge in [-0.2, -0.15) is 4.98 Å². The number of benzene rings is 3. The van der Waals surface area contributed by atoms with Crippen LogP contribution in [0.15, 0.2) is 71.3 Å². The predicted octanol–water partition coefficient (Wildman–Crippen LogP) is 5.04. The molecule has 0 radical (unpaired) electrons. The molecule has 4 rings (SSSR count).